The molecule has 0 radical (unpaired) electrons. The van der Waals surface area contributed by atoms with Crippen molar-refractivity contribution in [2.24, 2.45) is 0 Å². The summed E-state index contributed by atoms with van der Waals surface area (Å²) < 4.78 is 22.5. The minimum atomic E-state index is -1.26. The summed E-state index contributed by atoms with van der Waals surface area (Å²) in [4.78, 5) is 11.1. The molecule has 0 saturated heterocycles. The van der Waals surface area contributed by atoms with E-state index in [2.05, 4.69) is 20.8 Å². The first-order valence-corrected chi connectivity index (χ1v) is 8.15. The molecule has 134 valence electrons. The zero-order chi connectivity index (χ0) is 16.0. The van der Waals surface area contributed by atoms with Crippen LogP contribution in [-0.2, 0) is 76.1 Å². The molecule has 0 heterocycles. The van der Waals surface area contributed by atoms with Crippen LogP contribution in [0.4, 0.5) is 0 Å². The number of unbranched alkanes of at least 4 members (excludes halogenated alkanes) is 3. The summed E-state index contributed by atoms with van der Waals surface area (Å²) in [6, 6.07) is 0. The van der Waals surface area contributed by atoms with E-state index in [0.29, 0.717) is 19.8 Å². The van der Waals surface area contributed by atoms with Gasteiger partial charge in [-0.05, 0) is 19.3 Å². The Labute approximate surface area is 179 Å². The third kappa shape index (κ3) is 16.3. The number of ether oxygens (including phenoxy) is 4. The first-order chi connectivity index (χ1) is 10.1. The summed E-state index contributed by atoms with van der Waals surface area (Å²) in [5.41, 5.74) is 0. The molecule has 23 heavy (non-hydrogen) atoms. The molecule has 0 aliphatic heterocycles. The van der Waals surface area contributed by atoms with Gasteiger partial charge in [0.05, 0.1) is 19.8 Å². The van der Waals surface area contributed by atoms with E-state index >= 15 is 0 Å². The van der Waals surface area contributed by atoms with Gasteiger partial charge in [-0.1, -0.05) is 40.0 Å². The monoisotopic (exact) mass is 484 g/mol. The van der Waals surface area contributed by atoms with Gasteiger partial charge >= 0.3 is 11.9 Å². The van der Waals surface area contributed by atoms with Gasteiger partial charge in [-0.2, -0.15) is 0 Å². The molecule has 0 unspecified atom stereocenters. The maximum Gasteiger partial charge on any atom is 0.319 e. The smallest absolute Gasteiger partial charge is 0.319 e. The van der Waals surface area contributed by atoms with Crippen LogP contribution in [0.1, 0.15) is 66.2 Å². The molecule has 7 heteroatoms. The molecule has 0 rings (SSSR count). The largest absolute Gasteiger partial charge is 0.457 e. The van der Waals surface area contributed by atoms with Gasteiger partial charge in [-0.25, -0.2) is 0 Å². The van der Waals surface area contributed by atoms with Crippen LogP contribution in [0.25, 0.3) is 0 Å². The zero-order valence-electron chi connectivity index (χ0n) is 15.1. The molecule has 0 aromatic heterocycles. The minimum Gasteiger partial charge on any atom is -0.457 e. The molecule has 0 saturated carbocycles. The second-order valence-electron chi connectivity index (χ2n) is 5.07. The number of rotatable bonds is 14. The minimum absolute atomic E-state index is 0. The Morgan fingerprint density at radius 3 is 1.39 bits per heavy atom. The molecule has 0 aromatic rings. The van der Waals surface area contributed by atoms with Crippen LogP contribution >= 0.6 is 0 Å². The van der Waals surface area contributed by atoms with Crippen LogP contribution in [-0.4, -0.2) is 38.4 Å². The molecule has 0 atom stereocenters. The molecule has 0 N–H and O–H groups in total. The predicted octanol–water partition coefficient (Wildman–Crippen LogP) is 3.65. The molecular weight excluding hydrogens is 455 g/mol. The Balaban J connectivity index is -0.00000200. The van der Waals surface area contributed by atoms with Gasteiger partial charge in [0.2, 0.25) is 0 Å². The molecule has 0 spiro atoms. The van der Waals surface area contributed by atoms with Crippen molar-refractivity contribution in [3.05, 3.63) is 0 Å². The zero-order valence-corrected chi connectivity index (χ0v) is 20.0. The molecule has 0 fully saturated rings. The third-order valence-corrected chi connectivity index (χ3v) is 2.91. The van der Waals surface area contributed by atoms with E-state index in [1.807, 2.05) is 0 Å². The van der Waals surface area contributed by atoms with E-state index in [1.54, 1.807) is 0 Å². The van der Waals surface area contributed by atoms with Crippen molar-refractivity contribution >= 4 is 5.97 Å². The first kappa shape index (κ1) is 28.9. The van der Waals surface area contributed by atoms with Gasteiger partial charge < -0.3 is 18.9 Å². The van der Waals surface area contributed by atoms with Crippen molar-refractivity contribution in [1.29, 1.82) is 0 Å². The van der Waals surface area contributed by atoms with Crippen LogP contribution in [0.3, 0.4) is 0 Å². The average molecular weight is 487 g/mol. The SMILES string of the molecule is CCCCOC(COC(C)=O)(OCCCC)OCCCC.[Zr].[Zr]. The van der Waals surface area contributed by atoms with E-state index in [1.165, 1.54) is 6.92 Å². The molecule has 0 aliphatic carbocycles. The van der Waals surface area contributed by atoms with E-state index in [4.69, 9.17) is 18.9 Å². The summed E-state index contributed by atoms with van der Waals surface area (Å²) in [6.07, 6.45) is 5.80. The number of hydrogen-bond donors (Lipinski definition) is 0. The third-order valence-electron chi connectivity index (χ3n) is 2.91. The average Bonchev–Trinajstić information content (AvgIpc) is 2.46. The number of carbonyl (C=O) groups excluding carboxylic acids is 1. The van der Waals surface area contributed by atoms with E-state index in [9.17, 15) is 4.79 Å². The summed E-state index contributed by atoms with van der Waals surface area (Å²) >= 11 is 0. The van der Waals surface area contributed by atoms with Crippen LogP contribution in [0, 0.1) is 0 Å². The van der Waals surface area contributed by atoms with Gasteiger partial charge in [0.25, 0.3) is 0 Å². The topological polar surface area (TPSA) is 54.0 Å². The van der Waals surface area contributed by atoms with Crippen molar-refractivity contribution in [2.75, 3.05) is 26.4 Å². The quantitative estimate of drug-likeness (QED) is 0.213. The van der Waals surface area contributed by atoms with Crippen molar-refractivity contribution in [3.8, 4) is 0 Å². The summed E-state index contributed by atoms with van der Waals surface area (Å²) in [6.45, 7) is 9.18. The van der Waals surface area contributed by atoms with E-state index < -0.39 is 5.97 Å². The fraction of sp³-hybridized carbons (Fsp3) is 0.938. The normalized spacial score (nSPS) is 10.6. The maximum atomic E-state index is 11.1. The molecule has 0 amide bonds. The molecule has 0 aliphatic rings. The van der Waals surface area contributed by atoms with Crippen LogP contribution in [0.5, 0.6) is 0 Å². The van der Waals surface area contributed by atoms with Crippen molar-refractivity contribution in [2.45, 2.75) is 72.2 Å². The molecule has 5 nitrogen and oxygen atoms in total. The number of hydrogen-bond acceptors (Lipinski definition) is 5. The Bertz CT molecular complexity index is 238. The Hall–Kier alpha value is 1.12. The van der Waals surface area contributed by atoms with Crippen molar-refractivity contribution in [3.63, 3.8) is 0 Å². The number of carbonyl (C=O) groups is 1. The standard InChI is InChI=1S/C16H32O5.2Zr/c1-5-8-11-19-16(14-18-15(4)17,20-12-9-6-2)21-13-10-7-3;;/h5-14H2,1-4H3;;. The van der Waals surface area contributed by atoms with Crippen molar-refractivity contribution < 1.29 is 76.1 Å². The second kappa shape index (κ2) is 19.4. The fourth-order valence-corrected chi connectivity index (χ4v) is 1.56. The number of esters is 1. The first-order valence-electron chi connectivity index (χ1n) is 8.15. The Morgan fingerprint density at radius 2 is 1.13 bits per heavy atom. The second-order valence-corrected chi connectivity index (χ2v) is 5.07. The van der Waals surface area contributed by atoms with E-state index in [0.717, 1.165) is 38.5 Å². The predicted molar refractivity (Wildman–Crippen MR) is 81.9 cm³/mol. The van der Waals surface area contributed by atoms with Crippen LogP contribution in [0.15, 0.2) is 0 Å². The van der Waals surface area contributed by atoms with Gasteiger partial charge in [-0.15, -0.1) is 0 Å². The summed E-state index contributed by atoms with van der Waals surface area (Å²) in [5, 5.41) is 0. The Kier molecular flexibility index (Phi) is 24.4. The molecule has 0 bridgehead atoms. The van der Waals surface area contributed by atoms with Crippen LogP contribution < -0.4 is 0 Å². The van der Waals surface area contributed by atoms with Crippen LogP contribution in [0.2, 0.25) is 0 Å². The summed E-state index contributed by atoms with van der Waals surface area (Å²) in [5.74, 6) is -1.62. The summed E-state index contributed by atoms with van der Waals surface area (Å²) in [7, 11) is 0. The van der Waals surface area contributed by atoms with Crippen molar-refractivity contribution in [1.82, 2.24) is 0 Å². The van der Waals surface area contributed by atoms with Gasteiger partial charge in [0.15, 0.2) is 6.61 Å². The van der Waals surface area contributed by atoms with E-state index in [-0.39, 0.29) is 65.0 Å². The maximum absolute atomic E-state index is 11.1. The fourth-order valence-electron chi connectivity index (χ4n) is 1.56. The van der Waals surface area contributed by atoms with Gasteiger partial charge in [0.1, 0.15) is 0 Å². The van der Waals surface area contributed by atoms with Gasteiger partial charge in [-0.3, -0.25) is 4.79 Å². The molecule has 0 aromatic carbocycles. The van der Waals surface area contributed by atoms with Gasteiger partial charge in [0, 0.05) is 59.3 Å². The molecular formula is C16H32O5Zr2. The Morgan fingerprint density at radius 1 is 0.783 bits per heavy atom.